The maximum absolute atomic E-state index is 8.49. The van der Waals surface area contributed by atoms with Gasteiger partial charge in [-0.1, -0.05) is 0 Å². The molecule has 0 fully saturated rings. The third-order valence-corrected chi connectivity index (χ3v) is 1.58. The molecule has 0 heterocycles. The summed E-state index contributed by atoms with van der Waals surface area (Å²) in [6, 6.07) is 0. The fraction of sp³-hybridized carbons (Fsp3) is 0.889. The van der Waals surface area contributed by atoms with Crippen molar-refractivity contribution in [1.82, 2.24) is 5.32 Å². The second-order valence-electron chi connectivity index (χ2n) is 2.77. The summed E-state index contributed by atoms with van der Waals surface area (Å²) >= 11 is 0. The van der Waals surface area contributed by atoms with Crippen molar-refractivity contribution in [3.63, 3.8) is 0 Å². The van der Waals surface area contributed by atoms with Gasteiger partial charge in [-0.05, 0) is 45.5 Å². The molecule has 2 N–H and O–H groups in total. The van der Waals surface area contributed by atoms with Gasteiger partial charge in [-0.2, -0.15) is 0 Å². The summed E-state index contributed by atoms with van der Waals surface area (Å²) in [5.41, 5.74) is 0. The van der Waals surface area contributed by atoms with E-state index < -0.39 is 0 Å². The largest absolute Gasteiger partial charge is 0.396 e. The van der Waals surface area contributed by atoms with Crippen molar-refractivity contribution in [1.29, 1.82) is 0 Å². The van der Waals surface area contributed by atoms with Gasteiger partial charge >= 0.3 is 0 Å². The van der Waals surface area contributed by atoms with E-state index in [0.29, 0.717) is 6.61 Å². The Bertz CT molecular complexity index is 92.7. The summed E-state index contributed by atoms with van der Waals surface area (Å²) in [5, 5.41) is 11.6. The van der Waals surface area contributed by atoms with Crippen LogP contribution >= 0.6 is 0 Å². The van der Waals surface area contributed by atoms with Crippen LogP contribution < -0.4 is 5.32 Å². The molecule has 0 unspecified atom stereocenters. The van der Waals surface area contributed by atoms with Gasteiger partial charge in [0, 0.05) is 13.2 Å². The van der Waals surface area contributed by atoms with Crippen molar-refractivity contribution in [3.8, 4) is 0 Å². The average molecular weight is 172 g/mol. The minimum atomic E-state index is 0.299. The van der Waals surface area contributed by atoms with E-state index in [-0.39, 0.29) is 0 Å². The van der Waals surface area contributed by atoms with Crippen LogP contribution in [0.15, 0.2) is 4.99 Å². The molecule has 0 spiro atoms. The number of nitrogens with one attached hydrogen (secondary N) is 1. The van der Waals surface area contributed by atoms with E-state index in [1.165, 1.54) is 0 Å². The van der Waals surface area contributed by atoms with Crippen molar-refractivity contribution in [3.05, 3.63) is 0 Å². The van der Waals surface area contributed by atoms with E-state index >= 15 is 0 Å². The zero-order chi connectivity index (χ0) is 9.07. The first-order chi connectivity index (χ1) is 5.91. The Morgan fingerprint density at radius 1 is 1.33 bits per heavy atom. The first-order valence-electron chi connectivity index (χ1n) is 4.65. The normalized spacial score (nSPS) is 11.2. The van der Waals surface area contributed by atoms with Gasteiger partial charge in [-0.15, -0.1) is 0 Å². The van der Waals surface area contributed by atoms with Crippen molar-refractivity contribution < 1.29 is 5.11 Å². The molecule has 3 nitrogen and oxygen atoms in total. The monoisotopic (exact) mass is 172 g/mol. The SMILES string of the molecule is CNCCC/N=C/CCCCO. The summed E-state index contributed by atoms with van der Waals surface area (Å²) < 4.78 is 0. The summed E-state index contributed by atoms with van der Waals surface area (Å²) in [7, 11) is 1.95. The number of unbranched alkanes of at least 4 members (excludes halogenated alkanes) is 2. The van der Waals surface area contributed by atoms with Crippen molar-refractivity contribution in [2.75, 3.05) is 26.7 Å². The van der Waals surface area contributed by atoms with Gasteiger partial charge in [-0.3, -0.25) is 4.99 Å². The Kier molecular flexibility index (Phi) is 10.2. The lowest BCUT2D eigenvalue weighted by molar-refractivity contribution is 0.286. The van der Waals surface area contributed by atoms with Crippen LogP contribution in [0.25, 0.3) is 0 Å². The van der Waals surface area contributed by atoms with Gasteiger partial charge in [0.25, 0.3) is 0 Å². The standard InChI is InChI=1S/C9H20N2O/c1-10-6-5-8-11-7-3-2-4-9-12/h7,10,12H,2-6,8-9H2,1H3/b11-7+. The van der Waals surface area contributed by atoms with Crippen LogP contribution in [0.3, 0.4) is 0 Å². The Hall–Kier alpha value is -0.410. The van der Waals surface area contributed by atoms with Crippen molar-refractivity contribution in [2.45, 2.75) is 25.7 Å². The Morgan fingerprint density at radius 3 is 2.83 bits per heavy atom. The number of aliphatic hydroxyl groups excluding tert-OH is 1. The molecule has 72 valence electrons. The van der Waals surface area contributed by atoms with Gasteiger partial charge < -0.3 is 10.4 Å². The van der Waals surface area contributed by atoms with E-state index in [1.807, 2.05) is 13.3 Å². The Balaban J connectivity index is 2.93. The zero-order valence-electron chi connectivity index (χ0n) is 7.92. The molecule has 0 rings (SSSR count). The third-order valence-electron chi connectivity index (χ3n) is 1.58. The highest BCUT2D eigenvalue weighted by Crippen LogP contribution is 1.90. The van der Waals surface area contributed by atoms with Gasteiger partial charge in [0.2, 0.25) is 0 Å². The van der Waals surface area contributed by atoms with Gasteiger partial charge in [0.1, 0.15) is 0 Å². The van der Waals surface area contributed by atoms with E-state index in [0.717, 1.165) is 38.8 Å². The third kappa shape index (κ3) is 9.59. The summed E-state index contributed by atoms with van der Waals surface area (Å²) in [4.78, 5) is 4.23. The second kappa shape index (κ2) is 10.6. The van der Waals surface area contributed by atoms with Crippen molar-refractivity contribution in [2.24, 2.45) is 4.99 Å². The van der Waals surface area contributed by atoms with E-state index in [4.69, 9.17) is 5.11 Å². The average Bonchev–Trinajstić information content (AvgIpc) is 2.10. The lowest BCUT2D eigenvalue weighted by Gasteiger charge is -1.94. The highest BCUT2D eigenvalue weighted by molar-refractivity contribution is 5.56. The number of rotatable bonds is 8. The molecular weight excluding hydrogens is 152 g/mol. The maximum atomic E-state index is 8.49. The molecule has 12 heavy (non-hydrogen) atoms. The molecule has 3 heteroatoms. The first kappa shape index (κ1) is 11.6. The number of aliphatic imine (C=N–C) groups is 1. The summed E-state index contributed by atoms with van der Waals surface area (Å²) in [5.74, 6) is 0. The molecular formula is C9H20N2O. The fourth-order valence-corrected chi connectivity index (χ4v) is 0.877. The van der Waals surface area contributed by atoms with Crippen molar-refractivity contribution >= 4 is 6.21 Å². The van der Waals surface area contributed by atoms with Crippen LogP contribution in [0.2, 0.25) is 0 Å². The maximum Gasteiger partial charge on any atom is 0.0431 e. The number of nitrogens with zero attached hydrogens (tertiary/aromatic N) is 1. The zero-order valence-corrected chi connectivity index (χ0v) is 7.92. The molecule has 0 bridgehead atoms. The topological polar surface area (TPSA) is 44.6 Å². The number of hydrogen-bond donors (Lipinski definition) is 2. The van der Waals surface area contributed by atoms with Gasteiger partial charge in [0.05, 0.1) is 0 Å². The van der Waals surface area contributed by atoms with E-state index in [1.54, 1.807) is 0 Å². The highest BCUT2D eigenvalue weighted by Gasteiger charge is 1.83. The Labute approximate surface area is 74.9 Å². The number of hydrogen-bond acceptors (Lipinski definition) is 3. The van der Waals surface area contributed by atoms with Crippen LogP contribution in [0, 0.1) is 0 Å². The predicted molar refractivity (Wildman–Crippen MR) is 52.8 cm³/mol. The van der Waals surface area contributed by atoms with E-state index in [2.05, 4.69) is 10.3 Å². The van der Waals surface area contributed by atoms with Crippen LogP contribution in [-0.4, -0.2) is 38.1 Å². The molecule has 0 saturated carbocycles. The molecule has 0 aliphatic carbocycles. The quantitative estimate of drug-likeness (QED) is 0.421. The molecule has 0 aliphatic heterocycles. The highest BCUT2D eigenvalue weighted by atomic mass is 16.2. The molecule has 0 aromatic rings. The molecule has 0 saturated heterocycles. The lowest BCUT2D eigenvalue weighted by atomic mass is 10.2. The Morgan fingerprint density at radius 2 is 2.17 bits per heavy atom. The molecule has 0 atom stereocenters. The number of aliphatic hydroxyl groups is 1. The molecule has 0 aromatic heterocycles. The molecule has 0 amide bonds. The summed E-state index contributed by atoms with van der Waals surface area (Å²) in [6.07, 6.45) is 6.01. The van der Waals surface area contributed by atoms with Gasteiger partial charge in [0.15, 0.2) is 0 Å². The minimum absolute atomic E-state index is 0.299. The predicted octanol–water partition coefficient (Wildman–Crippen LogP) is 0.829. The van der Waals surface area contributed by atoms with Crippen LogP contribution in [0.1, 0.15) is 25.7 Å². The van der Waals surface area contributed by atoms with Crippen LogP contribution in [0.4, 0.5) is 0 Å². The molecule has 0 aliphatic rings. The first-order valence-corrected chi connectivity index (χ1v) is 4.65. The van der Waals surface area contributed by atoms with Crippen LogP contribution in [0.5, 0.6) is 0 Å². The van der Waals surface area contributed by atoms with Crippen LogP contribution in [-0.2, 0) is 0 Å². The molecule has 0 aromatic carbocycles. The summed E-state index contributed by atoms with van der Waals surface area (Å²) in [6.45, 7) is 2.25. The second-order valence-corrected chi connectivity index (χ2v) is 2.77. The smallest absolute Gasteiger partial charge is 0.0431 e. The fourth-order valence-electron chi connectivity index (χ4n) is 0.877. The minimum Gasteiger partial charge on any atom is -0.396 e. The lowest BCUT2D eigenvalue weighted by Crippen LogP contribution is -2.08. The molecule has 0 radical (unpaired) electrons. The van der Waals surface area contributed by atoms with Gasteiger partial charge in [-0.25, -0.2) is 0 Å². The van der Waals surface area contributed by atoms with E-state index in [9.17, 15) is 0 Å².